The zero-order chi connectivity index (χ0) is 20.0. The SMILES string of the molecule is FC(F)(F)c1ccc(C2=C(c3ccccc3)C3CC3C(C3CCNCC3)=N2)cc1. The number of benzene rings is 2. The van der Waals surface area contributed by atoms with E-state index >= 15 is 0 Å². The summed E-state index contributed by atoms with van der Waals surface area (Å²) < 4.78 is 39.1. The highest BCUT2D eigenvalue weighted by Gasteiger charge is 2.49. The van der Waals surface area contributed by atoms with E-state index in [1.54, 1.807) is 12.1 Å². The predicted molar refractivity (Wildman–Crippen MR) is 109 cm³/mol. The first-order valence-electron chi connectivity index (χ1n) is 10.3. The Morgan fingerprint density at radius 2 is 1.52 bits per heavy atom. The number of fused-ring (bicyclic) bond motifs is 1. The first kappa shape index (κ1) is 18.6. The van der Waals surface area contributed by atoms with E-state index in [-0.39, 0.29) is 0 Å². The molecule has 2 nitrogen and oxygen atoms in total. The fourth-order valence-electron chi connectivity index (χ4n) is 4.81. The Hall–Kier alpha value is -2.40. The maximum absolute atomic E-state index is 13.0. The molecular formula is C24H23F3N2. The lowest BCUT2D eigenvalue weighted by molar-refractivity contribution is -0.137. The smallest absolute Gasteiger partial charge is 0.317 e. The molecule has 150 valence electrons. The third-order valence-corrected chi connectivity index (χ3v) is 6.37. The molecule has 2 aromatic carbocycles. The number of hydrogen-bond acceptors (Lipinski definition) is 2. The average Bonchev–Trinajstić information content (AvgIpc) is 3.54. The molecule has 1 N–H and O–H groups in total. The highest BCUT2D eigenvalue weighted by molar-refractivity contribution is 6.07. The number of halogens is 3. The molecule has 1 saturated heterocycles. The van der Waals surface area contributed by atoms with Gasteiger partial charge in [-0.2, -0.15) is 13.2 Å². The summed E-state index contributed by atoms with van der Waals surface area (Å²) in [6.07, 6.45) is -1.06. The van der Waals surface area contributed by atoms with E-state index < -0.39 is 11.7 Å². The molecule has 0 aromatic heterocycles. The van der Waals surface area contributed by atoms with Gasteiger partial charge in [-0.3, -0.25) is 4.99 Å². The van der Waals surface area contributed by atoms with Crippen LogP contribution in [0.3, 0.4) is 0 Å². The van der Waals surface area contributed by atoms with Crippen LogP contribution in [0, 0.1) is 17.8 Å². The third-order valence-electron chi connectivity index (χ3n) is 6.37. The number of allylic oxidation sites excluding steroid dienone is 1. The van der Waals surface area contributed by atoms with Crippen LogP contribution in [0.2, 0.25) is 0 Å². The first-order chi connectivity index (χ1) is 14.0. The van der Waals surface area contributed by atoms with Gasteiger partial charge in [0.05, 0.1) is 11.3 Å². The van der Waals surface area contributed by atoms with Gasteiger partial charge >= 0.3 is 6.18 Å². The van der Waals surface area contributed by atoms with Crippen molar-refractivity contribution in [1.29, 1.82) is 0 Å². The van der Waals surface area contributed by atoms with Crippen molar-refractivity contribution in [2.75, 3.05) is 13.1 Å². The zero-order valence-corrected chi connectivity index (χ0v) is 16.0. The summed E-state index contributed by atoms with van der Waals surface area (Å²) in [6.45, 7) is 2.01. The van der Waals surface area contributed by atoms with E-state index in [1.165, 1.54) is 23.4 Å². The second-order valence-corrected chi connectivity index (χ2v) is 8.21. The summed E-state index contributed by atoms with van der Waals surface area (Å²) in [4.78, 5) is 5.14. The molecule has 0 amide bonds. The van der Waals surface area contributed by atoms with Gasteiger partial charge in [0.15, 0.2) is 0 Å². The zero-order valence-electron chi connectivity index (χ0n) is 16.0. The molecule has 0 spiro atoms. The summed E-state index contributed by atoms with van der Waals surface area (Å²) in [5.41, 5.74) is 4.60. The number of rotatable bonds is 3. The first-order valence-corrected chi connectivity index (χ1v) is 10.3. The molecular weight excluding hydrogens is 373 g/mol. The molecule has 5 heteroatoms. The summed E-state index contributed by atoms with van der Waals surface area (Å²) in [7, 11) is 0. The van der Waals surface area contributed by atoms with E-state index in [1.807, 2.05) is 18.2 Å². The van der Waals surface area contributed by atoms with E-state index in [2.05, 4.69) is 17.4 Å². The molecule has 2 heterocycles. The fourth-order valence-corrected chi connectivity index (χ4v) is 4.81. The van der Waals surface area contributed by atoms with E-state index in [4.69, 9.17) is 4.99 Å². The molecule has 0 radical (unpaired) electrons. The molecule has 1 saturated carbocycles. The molecule has 0 bridgehead atoms. The predicted octanol–water partition coefficient (Wildman–Crippen LogP) is 5.66. The highest BCUT2D eigenvalue weighted by Crippen LogP contribution is 2.56. The second-order valence-electron chi connectivity index (χ2n) is 8.21. The van der Waals surface area contributed by atoms with Gasteiger partial charge in [-0.15, -0.1) is 0 Å². The van der Waals surface area contributed by atoms with Crippen LogP contribution in [0.1, 0.15) is 36.0 Å². The summed E-state index contributed by atoms with van der Waals surface area (Å²) in [6, 6.07) is 15.7. The van der Waals surface area contributed by atoms with Crippen LogP contribution in [0.5, 0.6) is 0 Å². The second kappa shape index (κ2) is 7.13. The molecule has 2 unspecified atom stereocenters. The Labute approximate surface area is 168 Å². The van der Waals surface area contributed by atoms with Crippen molar-refractivity contribution in [3.05, 3.63) is 71.3 Å². The minimum atomic E-state index is -4.33. The Morgan fingerprint density at radius 3 is 2.17 bits per heavy atom. The van der Waals surface area contributed by atoms with Gasteiger partial charge in [0, 0.05) is 17.2 Å². The number of alkyl halides is 3. The van der Waals surface area contributed by atoms with Crippen molar-refractivity contribution < 1.29 is 13.2 Å². The standard InChI is InChI=1S/C24H23F3N2/c25-24(26,27)18-8-6-16(7-9-18)23-21(15-4-2-1-3-5-15)19-14-20(19)22(29-23)17-10-12-28-13-11-17/h1-9,17,19-20,28H,10-14H2. The highest BCUT2D eigenvalue weighted by atomic mass is 19.4. The normalized spacial score (nSPS) is 24.9. The number of nitrogens with one attached hydrogen (secondary N) is 1. The monoisotopic (exact) mass is 396 g/mol. The molecule has 2 fully saturated rings. The Morgan fingerprint density at radius 1 is 0.828 bits per heavy atom. The Balaban J connectivity index is 1.61. The van der Waals surface area contributed by atoms with Gasteiger partial charge in [-0.05, 0) is 67.5 Å². The quantitative estimate of drug-likeness (QED) is 0.711. The number of hydrogen-bond donors (Lipinski definition) is 1. The van der Waals surface area contributed by atoms with E-state index in [0.29, 0.717) is 17.8 Å². The molecule has 3 aliphatic rings. The van der Waals surface area contributed by atoms with Gasteiger partial charge < -0.3 is 5.32 Å². The Kier molecular flexibility index (Phi) is 4.58. The van der Waals surface area contributed by atoms with Crippen LogP contribution in [-0.4, -0.2) is 18.8 Å². The van der Waals surface area contributed by atoms with Gasteiger partial charge in [0.25, 0.3) is 0 Å². The molecule has 29 heavy (non-hydrogen) atoms. The topological polar surface area (TPSA) is 24.4 Å². The van der Waals surface area contributed by atoms with Gasteiger partial charge in [0.2, 0.25) is 0 Å². The number of nitrogens with zero attached hydrogens (tertiary/aromatic N) is 1. The van der Waals surface area contributed by atoms with Gasteiger partial charge in [0.1, 0.15) is 0 Å². The van der Waals surface area contributed by atoms with Gasteiger partial charge in [-0.1, -0.05) is 42.5 Å². The summed E-state index contributed by atoms with van der Waals surface area (Å²) in [5, 5.41) is 3.41. The maximum atomic E-state index is 13.0. The maximum Gasteiger partial charge on any atom is 0.416 e. The lowest BCUT2D eigenvalue weighted by Gasteiger charge is -2.28. The molecule has 2 atom stereocenters. The van der Waals surface area contributed by atoms with Gasteiger partial charge in [-0.25, -0.2) is 0 Å². The number of aliphatic imine (C=N–C) groups is 1. The van der Waals surface area contributed by atoms with Crippen molar-refractivity contribution in [1.82, 2.24) is 5.32 Å². The van der Waals surface area contributed by atoms with Crippen LogP contribution < -0.4 is 5.32 Å². The lowest BCUT2D eigenvalue weighted by atomic mass is 9.85. The third kappa shape index (κ3) is 3.52. The van der Waals surface area contributed by atoms with Crippen LogP contribution in [0.15, 0.2) is 59.6 Å². The molecule has 1 aliphatic carbocycles. The van der Waals surface area contributed by atoms with Crippen LogP contribution in [-0.2, 0) is 6.18 Å². The minimum Gasteiger partial charge on any atom is -0.317 e. The largest absolute Gasteiger partial charge is 0.416 e. The van der Waals surface area contributed by atoms with E-state index in [9.17, 15) is 13.2 Å². The molecule has 2 aliphatic heterocycles. The molecule has 2 aromatic rings. The van der Waals surface area contributed by atoms with Crippen molar-refractivity contribution in [2.45, 2.75) is 25.4 Å². The number of piperidine rings is 1. The van der Waals surface area contributed by atoms with Crippen LogP contribution >= 0.6 is 0 Å². The van der Waals surface area contributed by atoms with Crippen LogP contribution in [0.25, 0.3) is 11.3 Å². The summed E-state index contributed by atoms with van der Waals surface area (Å²) >= 11 is 0. The van der Waals surface area contributed by atoms with Crippen molar-refractivity contribution in [3.8, 4) is 0 Å². The molecule has 5 rings (SSSR count). The Bertz CT molecular complexity index is 952. The minimum absolute atomic E-state index is 0.428. The lowest BCUT2D eigenvalue weighted by Crippen LogP contribution is -2.33. The van der Waals surface area contributed by atoms with Crippen molar-refractivity contribution >= 4 is 17.0 Å². The van der Waals surface area contributed by atoms with Crippen molar-refractivity contribution in [3.63, 3.8) is 0 Å². The van der Waals surface area contributed by atoms with Crippen LogP contribution in [0.4, 0.5) is 13.2 Å². The summed E-state index contributed by atoms with van der Waals surface area (Å²) in [5.74, 6) is 1.40. The average molecular weight is 396 g/mol. The van der Waals surface area contributed by atoms with Crippen molar-refractivity contribution in [2.24, 2.45) is 22.7 Å². The fraction of sp³-hybridized carbons (Fsp3) is 0.375. The van der Waals surface area contributed by atoms with E-state index in [0.717, 1.165) is 49.2 Å².